The topological polar surface area (TPSA) is 53.5 Å². The second-order valence-corrected chi connectivity index (χ2v) is 6.48. The lowest BCUT2D eigenvalue weighted by Crippen LogP contribution is -2.52. The lowest BCUT2D eigenvalue weighted by molar-refractivity contribution is -0.120. The van der Waals surface area contributed by atoms with Gasteiger partial charge < -0.3 is 9.80 Å². The Morgan fingerprint density at radius 2 is 1.81 bits per heavy atom. The number of carbonyl (C=O) groups excluding carboxylic acids is 2. The van der Waals surface area contributed by atoms with Crippen molar-refractivity contribution < 1.29 is 9.59 Å². The molecule has 4 rings (SSSR count). The van der Waals surface area contributed by atoms with Crippen molar-refractivity contribution in [3.63, 3.8) is 0 Å². The van der Waals surface area contributed by atoms with Crippen LogP contribution in [-0.2, 0) is 4.79 Å². The van der Waals surface area contributed by atoms with Crippen molar-refractivity contribution >= 4 is 28.4 Å². The molecule has 3 aromatic rings. The van der Waals surface area contributed by atoms with Crippen molar-refractivity contribution in [1.29, 1.82) is 0 Å². The Bertz CT molecular complexity index is 977. The Morgan fingerprint density at radius 1 is 1.00 bits per heavy atom. The lowest BCUT2D eigenvalue weighted by Gasteiger charge is -2.34. The largest absolute Gasteiger partial charge is 0.328 e. The average Bonchev–Trinajstić information content (AvgIpc) is 2.68. The Balaban J connectivity index is 1.56. The molecule has 1 aliphatic rings. The van der Waals surface area contributed by atoms with Gasteiger partial charge >= 0.3 is 0 Å². The smallest absolute Gasteiger partial charge is 0.255 e. The molecule has 0 N–H and O–H groups in total. The Morgan fingerprint density at radius 3 is 2.58 bits per heavy atom. The first-order valence-corrected chi connectivity index (χ1v) is 8.63. The summed E-state index contributed by atoms with van der Waals surface area (Å²) in [7, 11) is 0. The summed E-state index contributed by atoms with van der Waals surface area (Å²) < 4.78 is 0. The van der Waals surface area contributed by atoms with Crippen LogP contribution in [0.25, 0.3) is 10.9 Å². The summed E-state index contributed by atoms with van der Waals surface area (Å²) in [5.41, 5.74) is 3.40. The lowest BCUT2D eigenvalue weighted by atomic mass is 10.1. The SMILES string of the molecule is Cc1ccc(N2CCN(C(=O)c3cccc4ncccc34)CC2=O)cc1. The zero-order chi connectivity index (χ0) is 18.1. The van der Waals surface area contributed by atoms with E-state index >= 15 is 0 Å². The fourth-order valence-corrected chi connectivity index (χ4v) is 3.30. The quantitative estimate of drug-likeness (QED) is 0.717. The van der Waals surface area contributed by atoms with Crippen LogP contribution in [0, 0.1) is 6.92 Å². The predicted molar refractivity (Wildman–Crippen MR) is 101 cm³/mol. The summed E-state index contributed by atoms with van der Waals surface area (Å²) in [6.45, 7) is 3.11. The number of aryl methyl sites for hydroxylation is 1. The molecule has 0 bridgehead atoms. The van der Waals surface area contributed by atoms with E-state index in [-0.39, 0.29) is 18.4 Å². The molecule has 2 amide bonds. The zero-order valence-electron chi connectivity index (χ0n) is 14.6. The molecular formula is C21H19N3O2. The minimum absolute atomic E-state index is 0.0631. The van der Waals surface area contributed by atoms with E-state index in [1.54, 1.807) is 22.1 Å². The summed E-state index contributed by atoms with van der Waals surface area (Å²) in [4.78, 5) is 33.2. The van der Waals surface area contributed by atoms with Crippen LogP contribution in [-0.4, -0.2) is 41.3 Å². The van der Waals surface area contributed by atoms with E-state index in [0.29, 0.717) is 18.7 Å². The van der Waals surface area contributed by atoms with E-state index in [1.165, 1.54) is 0 Å². The number of carbonyl (C=O) groups is 2. The van der Waals surface area contributed by atoms with Crippen LogP contribution in [0.3, 0.4) is 0 Å². The summed E-state index contributed by atoms with van der Waals surface area (Å²) in [6, 6.07) is 17.1. The van der Waals surface area contributed by atoms with Crippen molar-refractivity contribution in [3.05, 3.63) is 71.9 Å². The van der Waals surface area contributed by atoms with Crippen LogP contribution in [0.5, 0.6) is 0 Å². The minimum Gasteiger partial charge on any atom is -0.328 e. The maximum Gasteiger partial charge on any atom is 0.255 e. The Kier molecular flexibility index (Phi) is 4.13. The van der Waals surface area contributed by atoms with Gasteiger partial charge in [0.05, 0.1) is 5.52 Å². The van der Waals surface area contributed by atoms with Gasteiger partial charge in [-0.2, -0.15) is 0 Å². The highest BCUT2D eigenvalue weighted by atomic mass is 16.2. The molecule has 2 heterocycles. The molecule has 130 valence electrons. The number of amides is 2. The summed E-state index contributed by atoms with van der Waals surface area (Å²) in [5.74, 6) is -0.188. The third-order valence-electron chi connectivity index (χ3n) is 4.73. The number of hydrogen-bond donors (Lipinski definition) is 0. The highest BCUT2D eigenvalue weighted by Gasteiger charge is 2.29. The van der Waals surface area contributed by atoms with Crippen LogP contribution in [0.15, 0.2) is 60.8 Å². The van der Waals surface area contributed by atoms with Gasteiger partial charge in [0.25, 0.3) is 5.91 Å². The number of fused-ring (bicyclic) bond motifs is 1. The molecule has 1 fully saturated rings. The van der Waals surface area contributed by atoms with Gasteiger partial charge in [-0.3, -0.25) is 14.6 Å². The first-order valence-electron chi connectivity index (χ1n) is 8.63. The maximum atomic E-state index is 13.0. The fraction of sp³-hybridized carbons (Fsp3) is 0.190. The van der Waals surface area contributed by atoms with Gasteiger partial charge in [-0.25, -0.2) is 0 Å². The van der Waals surface area contributed by atoms with E-state index in [0.717, 1.165) is 22.2 Å². The van der Waals surface area contributed by atoms with Gasteiger partial charge in [-0.05, 0) is 37.3 Å². The van der Waals surface area contributed by atoms with Crippen molar-refractivity contribution in [2.24, 2.45) is 0 Å². The molecule has 0 radical (unpaired) electrons. The van der Waals surface area contributed by atoms with E-state index < -0.39 is 0 Å². The van der Waals surface area contributed by atoms with Gasteiger partial charge in [0.1, 0.15) is 6.54 Å². The highest BCUT2D eigenvalue weighted by molar-refractivity contribution is 6.08. The molecule has 5 heteroatoms. The molecule has 5 nitrogen and oxygen atoms in total. The summed E-state index contributed by atoms with van der Waals surface area (Å²) in [5, 5.41) is 0.813. The number of pyridine rings is 1. The van der Waals surface area contributed by atoms with Crippen LogP contribution < -0.4 is 4.90 Å². The van der Waals surface area contributed by atoms with Crippen LogP contribution >= 0.6 is 0 Å². The molecule has 0 atom stereocenters. The van der Waals surface area contributed by atoms with E-state index in [4.69, 9.17) is 0 Å². The predicted octanol–water partition coefficient (Wildman–Crippen LogP) is 3.03. The molecule has 0 unspecified atom stereocenters. The molecule has 0 aliphatic carbocycles. The molecule has 1 saturated heterocycles. The number of anilines is 1. The van der Waals surface area contributed by atoms with Gasteiger partial charge in [0, 0.05) is 35.9 Å². The summed E-state index contributed by atoms with van der Waals surface area (Å²) >= 11 is 0. The highest BCUT2D eigenvalue weighted by Crippen LogP contribution is 2.22. The van der Waals surface area contributed by atoms with Crippen molar-refractivity contribution in [2.75, 3.05) is 24.5 Å². The van der Waals surface area contributed by atoms with Crippen LogP contribution in [0.2, 0.25) is 0 Å². The first-order chi connectivity index (χ1) is 12.6. The first kappa shape index (κ1) is 16.3. The van der Waals surface area contributed by atoms with E-state index in [2.05, 4.69) is 4.98 Å². The van der Waals surface area contributed by atoms with Crippen LogP contribution in [0.4, 0.5) is 5.69 Å². The van der Waals surface area contributed by atoms with Crippen molar-refractivity contribution in [2.45, 2.75) is 6.92 Å². The van der Waals surface area contributed by atoms with E-state index in [9.17, 15) is 9.59 Å². The summed E-state index contributed by atoms with van der Waals surface area (Å²) in [6.07, 6.45) is 1.71. The Hall–Kier alpha value is -3.21. The molecule has 2 aromatic carbocycles. The molecular weight excluding hydrogens is 326 g/mol. The number of rotatable bonds is 2. The second-order valence-electron chi connectivity index (χ2n) is 6.48. The number of hydrogen-bond acceptors (Lipinski definition) is 3. The van der Waals surface area contributed by atoms with Crippen molar-refractivity contribution in [3.8, 4) is 0 Å². The molecule has 0 saturated carbocycles. The Labute approximate surface area is 151 Å². The zero-order valence-corrected chi connectivity index (χ0v) is 14.6. The van der Waals surface area contributed by atoms with Gasteiger partial charge in [-0.1, -0.05) is 29.8 Å². The van der Waals surface area contributed by atoms with Gasteiger partial charge in [-0.15, -0.1) is 0 Å². The minimum atomic E-state index is -0.125. The molecule has 1 aliphatic heterocycles. The third-order valence-corrected chi connectivity index (χ3v) is 4.73. The number of piperazine rings is 1. The van der Waals surface area contributed by atoms with Crippen molar-refractivity contribution in [1.82, 2.24) is 9.88 Å². The average molecular weight is 345 g/mol. The van der Waals surface area contributed by atoms with E-state index in [1.807, 2.05) is 55.5 Å². The molecule has 0 spiro atoms. The number of aromatic nitrogens is 1. The maximum absolute atomic E-state index is 13.0. The molecule has 1 aromatic heterocycles. The monoisotopic (exact) mass is 345 g/mol. The number of nitrogens with zero attached hydrogens (tertiary/aromatic N) is 3. The normalized spacial score (nSPS) is 14.7. The second kappa shape index (κ2) is 6.59. The fourth-order valence-electron chi connectivity index (χ4n) is 3.30. The standard InChI is InChI=1S/C21H19N3O2/c1-15-7-9-16(10-8-15)24-13-12-23(14-20(24)25)21(26)18-4-2-6-19-17(18)5-3-11-22-19/h2-11H,12-14H2,1H3. The molecule has 26 heavy (non-hydrogen) atoms. The van der Waals surface area contributed by atoms with Gasteiger partial charge in [0.2, 0.25) is 5.91 Å². The van der Waals surface area contributed by atoms with Crippen LogP contribution in [0.1, 0.15) is 15.9 Å². The third kappa shape index (κ3) is 2.92. The van der Waals surface area contributed by atoms with Gasteiger partial charge in [0.15, 0.2) is 0 Å². The number of benzene rings is 2.